The summed E-state index contributed by atoms with van der Waals surface area (Å²) in [5.74, 6) is 0. The summed E-state index contributed by atoms with van der Waals surface area (Å²) in [5, 5.41) is 16.5. The Morgan fingerprint density at radius 2 is 2.21 bits per heavy atom. The van der Waals surface area contributed by atoms with Crippen LogP contribution in [0.3, 0.4) is 0 Å². The summed E-state index contributed by atoms with van der Waals surface area (Å²) in [6.07, 6.45) is 0.109. The van der Waals surface area contributed by atoms with Gasteiger partial charge in [0, 0.05) is 11.6 Å². The summed E-state index contributed by atoms with van der Waals surface area (Å²) in [6.45, 7) is 2.03. The Labute approximate surface area is 143 Å². The average Bonchev–Trinajstić information content (AvgIpc) is 2.90. The third-order valence-electron chi connectivity index (χ3n) is 3.64. The van der Waals surface area contributed by atoms with Crippen molar-refractivity contribution in [2.45, 2.75) is 39.5 Å². The minimum atomic E-state index is -4.02. The van der Waals surface area contributed by atoms with Gasteiger partial charge in [0.25, 0.3) is 5.09 Å². The van der Waals surface area contributed by atoms with Crippen LogP contribution in [0, 0.1) is 10.1 Å². The van der Waals surface area contributed by atoms with Crippen molar-refractivity contribution in [1.29, 1.82) is 0 Å². The van der Waals surface area contributed by atoms with Crippen LogP contribution in [0.2, 0.25) is 0 Å². The average molecular weight is 399 g/mol. The van der Waals surface area contributed by atoms with Gasteiger partial charge in [-0.15, -0.1) is 21.5 Å². The molecule has 0 aliphatic carbocycles. The van der Waals surface area contributed by atoms with Gasteiger partial charge in [-0.2, -0.15) is 0 Å². The quantitative estimate of drug-likeness (QED) is 0.485. The Hall–Kier alpha value is -1.28. The molecule has 0 unspecified atom stereocenters. The first-order chi connectivity index (χ1) is 11.1. The number of primary sulfonamides is 1. The van der Waals surface area contributed by atoms with Crippen LogP contribution in [0.4, 0.5) is 0 Å². The lowest BCUT2D eigenvalue weighted by atomic mass is 10.0. The molecule has 1 aromatic heterocycles. The number of nitrogens with one attached hydrogen (secondary N) is 1. The van der Waals surface area contributed by atoms with Crippen LogP contribution >= 0.6 is 11.3 Å². The highest BCUT2D eigenvalue weighted by Gasteiger charge is 2.41. The van der Waals surface area contributed by atoms with Gasteiger partial charge in [0.15, 0.2) is 9.84 Å². The molecule has 0 radical (unpaired) electrons. The zero-order chi connectivity index (χ0) is 18.1. The highest BCUT2D eigenvalue weighted by Crippen LogP contribution is 2.43. The molecule has 0 fully saturated rings. The van der Waals surface area contributed by atoms with Gasteiger partial charge in [-0.25, -0.2) is 22.0 Å². The van der Waals surface area contributed by atoms with Crippen LogP contribution in [-0.4, -0.2) is 40.3 Å². The van der Waals surface area contributed by atoms with Gasteiger partial charge < -0.3 is 10.2 Å². The van der Waals surface area contributed by atoms with Crippen molar-refractivity contribution >= 4 is 31.2 Å². The van der Waals surface area contributed by atoms with E-state index in [9.17, 15) is 26.9 Å². The number of hydrogen-bond donors (Lipinski definition) is 2. The summed E-state index contributed by atoms with van der Waals surface area (Å²) >= 11 is 0.607. The number of thiophene rings is 1. The highest BCUT2D eigenvalue weighted by molar-refractivity contribution is 7.95. The number of sulfonamides is 1. The molecule has 10 nitrogen and oxygen atoms in total. The van der Waals surface area contributed by atoms with E-state index in [2.05, 4.69) is 10.2 Å². The molecule has 0 amide bonds. The number of nitrogens with two attached hydrogens (primary N) is 1. The van der Waals surface area contributed by atoms with Gasteiger partial charge >= 0.3 is 0 Å². The van der Waals surface area contributed by atoms with Gasteiger partial charge in [-0.05, 0) is 25.5 Å². The smallest absolute Gasteiger partial charge is 0.294 e. The van der Waals surface area contributed by atoms with E-state index in [4.69, 9.17) is 5.14 Å². The normalized spacial score (nSPS) is 22.8. The molecule has 0 bridgehead atoms. The fourth-order valence-electron chi connectivity index (χ4n) is 2.61. The third-order valence-corrected chi connectivity index (χ3v) is 9.01. The molecule has 0 aromatic carbocycles. The summed E-state index contributed by atoms with van der Waals surface area (Å²) in [7, 11) is -7.83. The molecule has 13 heteroatoms. The second kappa shape index (κ2) is 6.92. The first-order valence-corrected chi connectivity index (χ1v) is 10.9. The molecule has 3 N–H and O–H groups in total. The molecule has 1 aromatic rings. The van der Waals surface area contributed by atoms with Crippen LogP contribution in [0.15, 0.2) is 14.5 Å². The predicted octanol–water partition coefficient (Wildman–Crippen LogP) is 0.191. The van der Waals surface area contributed by atoms with Crippen LogP contribution in [0.25, 0.3) is 0 Å². The predicted molar refractivity (Wildman–Crippen MR) is 85.3 cm³/mol. The van der Waals surface area contributed by atoms with Gasteiger partial charge in [0.05, 0.1) is 11.9 Å². The minimum absolute atomic E-state index is 0.0603. The van der Waals surface area contributed by atoms with E-state index in [1.54, 1.807) is 0 Å². The zero-order valence-corrected chi connectivity index (χ0v) is 15.1. The molecule has 24 heavy (non-hydrogen) atoms. The van der Waals surface area contributed by atoms with Crippen LogP contribution in [0.5, 0.6) is 0 Å². The molecule has 0 spiro atoms. The maximum Gasteiger partial charge on any atom is 0.294 e. The summed E-state index contributed by atoms with van der Waals surface area (Å²) in [6, 6.07) is 0.908. The molecule has 136 valence electrons. The molecule has 1 aliphatic rings. The Bertz CT molecular complexity index is 831. The van der Waals surface area contributed by atoms with Gasteiger partial charge in [0.1, 0.15) is 8.42 Å². The lowest BCUT2D eigenvalue weighted by Gasteiger charge is -2.29. The molecular weight excluding hydrogens is 382 g/mol. The monoisotopic (exact) mass is 399 g/mol. The molecule has 2 atom stereocenters. The number of fused-ring (bicyclic) bond motifs is 1. The Kier molecular flexibility index (Phi) is 5.49. The molecular formula is C11H17N3O7S3. The number of nitrogens with zero attached hydrogens (tertiary/aromatic N) is 1. The Balaban J connectivity index is 2.41. The van der Waals surface area contributed by atoms with Crippen molar-refractivity contribution < 1.29 is 26.8 Å². The SMILES string of the molecule is CCN[C@@H]1C[C@@H](CCO[N+](=O)[O-])S(=O)(=O)c2sc(S(N)(=O)=O)cc21. The highest BCUT2D eigenvalue weighted by atomic mass is 32.3. The van der Waals surface area contributed by atoms with E-state index in [1.165, 1.54) is 6.07 Å². The van der Waals surface area contributed by atoms with E-state index in [-0.39, 0.29) is 33.9 Å². The van der Waals surface area contributed by atoms with Crippen molar-refractivity contribution in [3.05, 3.63) is 21.7 Å². The number of hydrogen-bond acceptors (Lipinski definition) is 9. The largest absolute Gasteiger partial charge is 0.314 e. The minimum Gasteiger partial charge on any atom is -0.314 e. The number of sulfone groups is 1. The number of rotatable bonds is 7. The van der Waals surface area contributed by atoms with Crippen molar-refractivity contribution in [3.63, 3.8) is 0 Å². The fourth-order valence-corrected chi connectivity index (χ4v) is 7.29. The van der Waals surface area contributed by atoms with E-state index in [1.807, 2.05) is 6.92 Å². The van der Waals surface area contributed by atoms with Gasteiger partial charge in [-0.3, -0.25) is 0 Å². The van der Waals surface area contributed by atoms with E-state index >= 15 is 0 Å². The van der Waals surface area contributed by atoms with Crippen molar-refractivity contribution in [2.24, 2.45) is 5.14 Å². The standard InChI is InChI=1S/C11H17N3O7S3/c1-2-13-9-5-7(3-4-21-14(15)16)23(17,18)11-8(9)6-10(22-11)24(12,19)20/h6-7,9,13H,2-5H2,1H3,(H2,12,19,20)/t7-,9-/m1/s1. The Morgan fingerprint density at radius 3 is 2.75 bits per heavy atom. The lowest BCUT2D eigenvalue weighted by Crippen LogP contribution is -2.35. The van der Waals surface area contributed by atoms with Gasteiger partial charge in [-0.1, -0.05) is 6.92 Å². The topological polar surface area (TPSA) is 159 Å². The van der Waals surface area contributed by atoms with E-state index in [0.29, 0.717) is 23.4 Å². The van der Waals surface area contributed by atoms with Crippen LogP contribution in [-0.2, 0) is 24.7 Å². The second-order valence-electron chi connectivity index (χ2n) is 5.21. The van der Waals surface area contributed by atoms with Crippen molar-refractivity contribution in [1.82, 2.24) is 5.32 Å². The molecule has 2 rings (SSSR count). The summed E-state index contributed by atoms with van der Waals surface area (Å²) < 4.78 is 48.2. The summed E-state index contributed by atoms with van der Waals surface area (Å²) in [5.41, 5.74) is 0.373. The Morgan fingerprint density at radius 1 is 1.54 bits per heavy atom. The van der Waals surface area contributed by atoms with Gasteiger partial charge in [0.2, 0.25) is 10.0 Å². The second-order valence-corrected chi connectivity index (χ2v) is 10.5. The lowest BCUT2D eigenvalue weighted by molar-refractivity contribution is -0.757. The molecule has 1 aliphatic heterocycles. The van der Waals surface area contributed by atoms with Crippen molar-refractivity contribution in [2.75, 3.05) is 13.2 Å². The summed E-state index contributed by atoms with van der Waals surface area (Å²) in [4.78, 5) is 14.4. The van der Waals surface area contributed by atoms with E-state index in [0.717, 1.165) is 0 Å². The molecule has 0 saturated heterocycles. The van der Waals surface area contributed by atoms with Crippen LogP contribution < -0.4 is 10.5 Å². The zero-order valence-electron chi connectivity index (χ0n) is 12.7. The maximum atomic E-state index is 12.7. The maximum absolute atomic E-state index is 12.7. The first-order valence-electron chi connectivity index (χ1n) is 6.98. The van der Waals surface area contributed by atoms with E-state index < -0.39 is 30.2 Å². The van der Waals surface area contributed by atoms with Crippen LogP contribution in [0.1, 0.15) is 31.4 Å². The molecule has 0 saturated carbocycles. The molecule has 2 heterocycles. The first kappa shape index (κ1) is 19.1. The fraction of sp³-hybridized carbons (Fsp3) is 0.636. The third kappa shape index (κ3) is 3.85. The van der Waals surface area contributed by atoms with Crippen molar-refractivity contribution in [3.8, 4) is 0 Å².